The lowest BCUT2D eigenvalue weighted by molar-refractivity contribution is 0.0815. The predicted octanol–water partition coefficient (Wildman–Crippen LogP) is 2.19. The molecule has 0 unspecified atom stereocenters. The Kier molecular flexibility index (Phi) is 6.54. The van der Waals surface area contributed by atoms with E-state index in [1.54, 1.807) is 17.6 Å². The summed E-state index contributed by atoms with van der Waals surface area (Å²) in [5.74, 6) is -0.0245. The van der Waals surface area contributed by atoms with Gasteiger partial charge in [-0.3, -0.25) is 0 Å². The number of alkyl halides is 2. The number of rotatable bonds is 6. The highest BCUT2D eigenvalue weighted by atomic mass is 35.5. The highest BCUT2D eigenvalue weighted by Crippen LogP contribution is 2.12. The Morgan fingerprint density at radius 3 is 2.30 bits per heavy atom. The largest absolute Gasteiger partial charge is 0.442 e. The fraction of sp³-hybridized carbons (Fsp3) is 0.364. The summed E-state index contributed by atoms with van der Waals surface area (Å²) in [5, 5.41) is 0. The molecule has 112 valence electrons. The van der Waals surface area contributed by atoms with Gasteiger partial charge in [0.1, 0.15) is 6.10 Å². The lowest BCUT2D eigenvalue weighted by Gasteiger charge is -2.12. The van der Waals surface area contributed by atoms with Gasteiger partial charge in [-0.2, -0.15) is 13.9 Å². The van der Waals surface area contributed by atoms with Crippen LogP contribution in [0.4, 0.5) is 4.79 Å². The number of carbonyl (C=O) groups excluding carboxylic acids is 1. The van der Waals surface area contributed by atoms with Gasteiger partial charge in [-0.15, -0.1) is 27.5 Å². The minimum Gasteiger partial charge on any atom is -0.442 e. The van der Waals surface area contributed by atoms with Crippen LogP contribution >= 0.6 is 23.2 Å². The number of halogens is 2. The van der Waals surface area contributed by atoms with Crippen molar-refractivity contribution in [2.45, 2.75) is 17.9 Å². The Morgan fingerprint density at radius 2 is 1.80 bits per heavy atom. The average molecular weight is 342 g/mol. The third-order valence-corrected chi connectivity index (χ3v) is 4.00. The first-order valence-electron chi connectivity index (χ1n) is 5.47. The van der Waals surface area contributed by atoms with Gasteiger partial charge in [0.2, 0.25) is 0 Å². The molecule has 0 aliphatic heterocycles. The van der Waals surface area contributed by atoms with Crippen molar-refractivity contribution in [1.29, 1.82) is 0 Å². The van der Waals surface area contributed by atoms with Gasteiger partial charge in [-0.05, 0) is 19.1 Å². The third-order valence-electron chi connectivity index (χ3n) is 2.16. The molecule has 0 heterocycles. The summed E-state index contributed by atoms with van der Waals surface area (Å²) in [4.78, 5) is 11.2. The molecule has 0 aliphatic carbocycles. The smallest absolute Gasteiger partial charge is 0.432 e. The molecule has 1 aromatic carbocycles. The number of amides is 1. The zero-order valence-electron chi connectivity index (χ0n) is 10.5. The molecule has 1 rings (SSSR count). The Bertz CT molecular complexity index is 542. The first-order chi connectivity index (χ1) is 9.39. The molecule has 0 fully saturated rings. The number of aryl methyl sites for hydroxylation is 1. The lowest BCUT2D eigenvalue weighted by Crippen LogP contribution is -2.32. The molecule has 6 nitrogen and oxygen atoms in total. The van der Waals surface area contributed by atoms with Crippen molar-refractivity contribution in [2.75, 3.05) is 11.8 Å². The van der Waals surface area contributed by atoms with Crippen LogP contribution < -0.4 is 5.48 Å². The molecule has 1 N–H and O–H groups in total. The maximum absolute atomic E-state index is 11.7. The number of hydroxylamine groups is 1. The summed E-state index contributed by atoms with van der Waals surface area (Å²) in [5.41, 5.74) is 2.56. The lowest BCUT2D eigenvalue weighted by atomic mass is 10.2. The average Bonchev–Trinajstić information content (AvgIpc) is 2.43. The summed E-state index contributed by atoms with van der Waals surface area (Å²) in [6.45, 7) is 1.81. The molecular weight excluding hydrogens is 329 g/mol. The zero-order chi connectivity index (χ0) is 15.2. The SMILES string of the molecule is Cc1ccc(S(=O)(=O)ONC(=O)OC(CCl)CCl)cc1. The van der Waals surface area contributed by atoms with Gasteiger partial charge >= 0.3 is 16.2 Å². The van der Waals surface area contributed by atoms with Crippen molar-refractivity contribution in [3.05, 3.63) is 29.8 Å². The van der Waals surface area contributed by atoms with Gasteiger partial charge < -0.3 is 4.74 Å². The van der Waals surface area contributed by atoms with Crippen molar-refractivity contribution < 1.29 is 22.2 Å². The van der Waals surface area contributed by atoms with E-state index in [0.29, 0.717) is 0 Å². The first kappa shape index (κ1) is 17.0. The van der Waals surface area contributed by atoms with E-state index < -0.39 is 22.3 Å². The molecule has 0 saturated carbocycles. The number of benzene rings is 1. The van der Waals surface area contributed by atoms with E-state index in [9.17, 15) is 13.2 Å². The maximum Gasteiger partial charge on any atom is 0.432 e. The summed E-state index contributed by atoms with van der Waals surface area (Å²) < 4.78 is 32.5. The van der Waals surface area contributed by atoms with Gasteiger partial charge in [-0.1, -0.05) is 17.7 Å². The van der Waals surface area contributed by atoms with Crippen LogP contribution in [-0.4, -0.2) is 32.4 Å². The highest BCUT2D eigenvalue weighted by molar-refractivity contribution is 7.86. The quantitative estimate of drug-likeness (QED) is 0.633. The summed E-state index contributed by atoms with van der Waals surface area (Å²) in [6.07, 6.45) is -1.82. The predicted molar refractivity (Wildman–Crippen MR) is 74.3 cm³/mol. The number of carbonyl (C=O) groups is 1. The van der Waals surface area contributed by atoms with Gasteiger partial charge in [0.25, 0.3) is 0 Å². The molecule has 9 heteroatoms. The molecule has 0 saturated heterocycles. The number of ether oxygens (including phenoxy) is 1. The molecule has 0 radical (unpaired) electrons. The minimum atomic E-state index is -4.10. The van der Waals surface area contributed by atoms with E-state index in [-0.39, 0.29) is 16.7 Å². The number of nitrogens with one attached hydrogen (secondary N) is 1. The van der Waals surface area contributed by atoms with Crippen LogP contribution in [0.1, 0.15) is 5.56 Å². The second-order valence-electron chi connectivity index (χ2n) is 3.79. The monoisotopic (exact) mass is 341 g/mol. The molecule has 0 aliphatic rings. The molecule has 0 spiro atoms. The summed E-state index contributed by atoms with van der Waals surface area (Å²) in [6, 6.07) is 5.92. The van der Waals surface area contributed by atoms with Crippen LogP contribution in [0.2, 0.25) is 0 Å². The first-order valence-corrected chi connectivity index (χ1v) is 7.95. The fourth-order valence-corrected chi connectivity index (χ4v) is 2.32. The second kappa shape index (κ2) is 7.68. The molecule has 0 bridgehead atoms. The van der Waals surface area contributed by atoms with Crippen LogP contribution in [0.15, 0.2) is 29.2 Å². The summed E-state index contributed by atoms with van der Waals surface area (Å²) in [7, 11) is -4.10. The van der Waals surface area contributed by atoms with Crippen LogP contribution in [0.5, 0.6) is 0 Å². The minimum absolute atomic E-state index is 0.0123. The van der Waals surface area contributed by atoms with Crippen molar-refractivity contribution in [3.63, 3.8) is 0 Å². The van der Waals surface area contributed by atoms with Crippen molar-refractivity contribution >= 4 is 39.4 Å². The Hall–Kier alpha value is -1.02. The third kappa shape index (κ3) is 5.16. The second-order valence-corrected chi connectivity index (χ2v) is 5.95. The Balaban J connectivity index is 2.60. The van der Waals surface area contributed by atoms with Gasteiger partial charge in [-0.25, -0.2) is 4.79 Å². The normalized spacial score (nSPS) is 11.4. The van der Waals surface area contributed by atoms with Crippen LogP contribution in [0.3, 0.4) is 0 Å². The van der Waals surface area contributed by atoms with Crippen molar-refractivity contribution in [1.82, 2.24) is 5.48 Å². The van der Waals surface area contributed by atoms with E-state index in [0.717, 1.165) is 5.56 Å². The van der Waals surface area contributed by atoms with E-state index in [1.807, 2.05) is 6.92 Å². The Morgan fingerprint density at radius 1 is 1.25 bits per heavy atom. The molecule has 20 heavy (non-hydrogen) atoms. The highest BCUT2D eigenvalue weighted by Gasteiger charge is 2.19. The molecular formula is C11H13Cl2NO5S. The van der Waals surface area contributed by atoms with Crippen molar-refractivity contribution in [2.24, 2.45) is 0 Å². The van der Waals surface area contributed by atoms with Crippen LogP contribution in [-0.2, 0) is 19.1 Å². The fourth-order valence-electron chi connectivity index (χ4n) is 1.12. The zero-order valence-corrected chi connectivity index (χ0v) is 12.8. The molecule has 1 aromatic rings. The number of hydrogen-bond donors (Lipinski definition) is 1. The Labute approximate surface area is 127 Å². The van der Waals surface area contributed by atoms with E-state index in [2.05, 4.69) is 4.28 Å². The van der Waals surface area contributed by atoms with E-state index >= 15 is 0 Å². The van der Waals surface area contributed by atoms with Gasteiger partial charge in [0.05, 0.1) is 16.7 Å². The van der Waals surface area contributed by atoms with E-state index in [4.69, 9.17) is 27.9 Å². The molecule has 0 aromatic heterocycles. The van der Waals surface area contributed by atoms with Crippen LogP contribution in [0, 0.1) is 6.92 Å². The standard InChI is InChI=1S/C11H13Cl2NO5S/c1-8-2-4-10(5-3-8)20(16,17)19-14-11(15)18-9(6-12)7-13/h2-5,9H,6-7H2,1H3,(H,14,15). The van der Waals surface area contributed by atoms with Gasteiger partial charge in [0.15, 0.2) is 0 Å². The van der Waals surface area contributed by atoms with Crippen molar-refractivity contribution in [3.8, 4) is 0 Å². The number of hydrogen-bond acceptors (Lipinski definition) is 5. The van der Waals surface area contributed by atoms with Crippen LogP contribution in [0.25, 0.3) is 0 Å². The molecule has 0 atom stereocenters. The van der Waals surface area contributed by atoms with Gasteiger partial charge in [0, 0.05) is 0 Å². The van der Waals surface area contributed by atoms with E-state index in [1.165, 1.54) is 12.1 Å². The molecule has 1 amide bonds. The summed E-state index contributed by atoms with van der Waals surface area (Å²) >= 11 is 10.9. The maximum atomic E-state index is 11.7. The topological polar surface area (TPSA) is 81.7 Å².